The molecular formula is C13H7ClF3NO3. The molecule has 0 saturated heterocycles. The van der Waals surface area contributed by atoms with Crippen LogP contribution in [0.5, 0.6) is 5.75 Å². The Morgan fingerprint density at radius 2 is 1.81 bits per heavy atom. The summed E-state index contributed by atoms with van der Waals surface area (Å²) in [6.07, 6.45) is -4.83. The van der Waals surface area contributed by atoms with Gasteiger partial charge < -0.3 is 4.74 Å². The predicted octanol–water partition coefficient (Wildman–Crippen LogP) is 4.81. The van der Waals surface area contributed by atoms with Gasteiger partial charge in [0.25, 0.3) is 5.69 Å². The Kier molecular flexibility index (Phi) is 4.04. The first-order valence-electron chi connectivity index (χ1n) is 5.57. The van der Waals surface area contributed by atoms with E-state index in [1.165, 1.54) is 30.3 Å². The van der Waals surface area contributed by atoms with Gasteiger partial charge in [-0.15, -0.1) is 13.2 Å². The number of benzene rings is 2. The van der Waals surface area contributed by atoms with E-state index in [9.17, 15) is 23.3 Å². The third kappa shape index (κ3) is 3.63. The van der Waals surface area contributed by atoms with Crippen LogP contribution in [0.1, 0.15) is 0 Å². The van der Waals surface area contributed by atoms with Crippen molar-refractivity contribution in [2.75, 3.05) is 0 Å². The fraction of sp³-hybridized carbons (Fsp3) is 0.0769. The van der Waals surface area contributed by atoms with E-state index in [4.69, 9.17) is 11.6 Å². The van der Waals surface area contributed by atoms with Crippen molar-refractivity contribution in [1.82, 2.24) is 0 Å². The summed E-state index contributed by atoms with van der Waals surface area (Å²) in [5.41, 5.74) is 0.0895. The number of rotatable bonds is 3. The fourth-order valence-corrected chi connectivity index (χ4v) is 1.99. The van der Waals surface area contributed by atoms with Crippen LogP contribution in [0.4, 0.5) is 18.9 Å². The van der Waals surface area contributed by atoms with Crippen LogP contribution in [-0.4, -0.2) is 11.3 Å². The first kappa shape index (κ1) is 15.1. The smallest absolute Gasteiger partial charge is 0.405 e. The zero-order valence-electron chi connectivity index (χ0n) is 10.2. The van der Waals surface area contributed by atoms with Crippen LogP contribution in [0.15, 0.2) is 42.5 Å². The van der Waals surface area contributed by atoms with Gasteiger partial charge in [-0.3, -0.25) is 10.1 Å². The number of nitro groups is 1. The number of halogens is 4. The second-order valence-corrected chi connectivity index (χ2v) is 4.37. The van der Waals surface area contributed by atoms with Crippen LogP contribution in [0, 0.1) is 10.1 Å². The van der Waals surface area contributed by atoms with E-state index < -0.39 is 17.0 Å². The average molecular weight is 318 g/mol. The minimum absolute atomic E-state index is 0.131. The molecule has 0 aromatic heterocycles. The monoisotopic (exact) mass is 317 g/mol. The quantitative estimate of drug-likeness (QED) is 0.602. The van der Waals surface area contributed by atoms with Gasteiger partial charge in [-0.05, 0) is 23.8 Å². The molecule has 0 fully saturated rings. The van der Waals surface area contributed by atoms with Crippen LogP contribution in [0.25, 0.3) is 11.1 Å². The number of alkyl halides is 3. The Bertz CT molecular complexity index is 689. The van der Waals surface area contributed by atoms with Gasteiger partial charge in [0.1, 0.15) is 10.8 Å². The van der Waals surface area contributed by atoms with E-state index in [2.05, 4.69) is 4.74 Å². The molecular weight excluding hydrogens is 311 g/mol. The second-order valence-electron chi connectivity index (χ2n) is 3.97. The molecule has 8 heteroatoms. The van der Waals surface area contributed by atoms with Crippen molar-refractivity contribution in [3.63, 3.8) is 0 Å². The number of para-hydroxylation sites is 1. The molecule has 0 unspecified atom stereocenters. The molecule has 0 amide bonds. The normalized spacial score (nSPS) is 11.2. The maximum absolute atomic E-state index is 12.3. The minimum atomic E-state index is -4.83. The minimum Gasteiger partial charge on any atom is -0.405 e. The van der Waals surface area contributed by atoms with E-state index in [1.54, 1.807) is 0 Å². The number of hydrogen-bond acceptors (Lipinski definition) is 3. The van der Waals surface area contributed by atoms with Crippen LogP contribution >= 0.6 is 11.6 Å². The van der Waals surface area contributed by atoms with Crippen LogP contribution in [-0.2, 0) is 0 Å². The third-order valence-corrected chi connectivity index (χ3v) is 2.87. The molecule has 0 aliphatic rings. The Balaban J connectivity index is 2.47. The summed E-state index contributed by atoms with van der Waals surface area (Å²) in [7, 11) is 0. The van der Waals surface area contributed by atoms with Crippen molar-refractivity contribution in [3.05, 3.63) is 57.6 Å². The van der Waals surface area contributed by atoms with Crippen LogP contribution in [0.2, 0.25) is 5.02 Å². The molecule has 0 aliphatic carbocycles. The van der Waals surface area contributed by atoms with Crippen LogP contribution < -0.4 is 4.74 Å². The third-order valence-electron chi connectivity index (χ3n) is 2.57. The van der Waals surface area contributed by atoms with Gasteiger partial charge in [-0.2, -0.15) is 0 Å². The molecule has 0 saturated carbocycles. The Hall–Kier alpha value is -2.28. The van der Waals surface area contributed by atoms with Gasteiger partial charge in [0, 0.05) is 11.6 Å². The van der Waals surface area contributed by atoms with Gasteiger partial charge >= 0.3 is 6.36 Å². The highest BCUT2D eigenvalue weighted by Crippen LogP contribution is 2.36. The molecule has 0 spiro atoms. The second kappa shape index (κ2) is 5.61. The first-order chi connectivity index (χ1) is 9.78. The Morgan fingerprint density at radius 3 is 2.38 bits per heavy atom. The summed E-state index contributed by atoms with van der Waals surface area (Å²) < 4.78 is 41.0. The lowest BCUT2D eigenvalue weighted by Crippen LogP contribution is -2.17. The molecule has 21 heavy (non-hydrogen) atoms. The molecule has 4 nitrogen and oxygen atoms in total. The van der Waals surface area contributed by atoms with E-state index >= 15 is 0 Å². The van der Waals surface area contributed by atoms with E-state index in [1.807, 2.05) is 0 Å². The number of ether oxygens (including phenoxy) is 1. The standard InChI is InChI=1S/C13H7ClF3NO3/c14-10-7-8(5-6-11(10)18(19)20)9-3-1-2-4-12(9)21-13(15,16)17/h1-7H. The lowest BCUT2D eigenvalue weighted by molar-refractivity contribution is -0.384. The SMILES string of the molecule is O=[N+]([O-])c1ccc(-c2ccccc2OC(F)(F)F)cc1Cl. The highest BCUT2D eigenvalue weighted by molar-refractivity contribution is 6.33. The van der Waals surface area contributed by atoms with Gasteiger partial charge in [-0.25, -0.2) is 0 Å². The molecule has 0 aliphatic heterocycles. The van der Waals surface area contributed by atoms with Crippen LogP contribution in [0.3, 0.4) is 0 Å². The van der Waals surface area contributed by atoms with Gasteiger partial charge in [-0.1, -0.05) is 29.8 Å². The van der Waals surface area contributed by atoms with Crippen molar-refractivity contribution in [2.24, 2.45) is 0 Å². The summed E-state index contributed by atoms with van der Waals surface area (Å²) >= 11 is 5.76. The summed E-state index contributed by atoms with van der Waals surface area (Å²) in [5, 5.41) is 10.5. The number of hydrogen-bond donors (Lipinski definition) is 0. The number of nitrogens with zero attached hydrogens (tertiary/aromatic N) is 1. The highest BCUT2D eigenvalue weighted by atomic mass is 35.5. The molecule has 110 valence electrons. The zero-order chi connectivity index (χ0) is 15.6. The molecule has 0 atom stereocenters. The number of nitro benzene ring substituents is 1. The molecule has 2 aromatic carbocycles. The molecule has 2 aromatic rings. The molecule has 0 heterocycles. The van der Waals surface area contributed by atoms with Crippen molar-refractivity contribution in [1.29, 1.82) is 0 Å². The lowest BCUT2D eigenvalue weighted by Gasteiger charge is -2.13. The molecule has 0 radical (unpaired) electrons. The van der Waals surface area contributed by atoms with Gasteiger partial charge in [0.15, 0.2) is 0 Å². The first-order valence-corrected chi connectivity index (χ1v) is 5.95. The maximum atomic E-state index is 12.3. The summed E-state index contributed by atoms with van der Waals surface area (Å²) in [6, 6.07) is 9.12. The topological polar surface area (TPSA) is 52.4 Å². The highest BCUT2D eigenvalue weighted by Gasteiger charge is 2.32. The molecule has 0 N–H and O–H groups in total. The lowest BCUT2D eigenvalue weighted by atomic mass is 10.0. The Labute approximate surface area is 121 Å². The molecule has 0 bridgehead atoms. The predicted molar refractivity (Wildman–Crippen MR) is 70.2 cm³/mol. The van der Waals surface area contributed by atoms with E-state index in [0.717, 1.165) is 12.1 Å². The average Bonchev–Trinajstić information content (AvgIpc) is 2.36. The van der Waals surface area contributed by atoms with Gasteiger partial charge in [0.2, 0.25) is 0 Å². The molecule has 2 rings (SSSR count). The van der Waals surface area contributed by atoms with Crippen molar-refractivity contribution in [3.8, 4) is 16.9 Å². The van der Waals surface area contributed by atoms with Crippen molar-refractivity contribution in [2.45, 2.75) is 6.36 Å². The van der Waals surface area contributed by atoms with Gasteiger partial charge in [0.05, 0.1) is 4.92 Å². The fourth-order valence-electron chi connectivity index (χ4n) is 1.74. The summed E-state index contributed by atoms with van der Waals surface area (Å²) in [6.45, 7) is 0. The maximum Gasteiger partial charge on any atom is 0.573 e. The van der Waals surface area contributed by atoms with E-state index in [-0.39, 0.29) is 21.8 Å². The Morgan fingerprint density at radius 1 is 1.14 bits per heavy atom. The summed E-state index contributed by atoms with van der Waals surface area (Å²) in [4.78, 5) is 10.00. The van der Waals surface area contributed by atoms with E-state index in [0.29, 0.717) is 0 Å². The zero-order valence-corrected chi connectivity index (χ0v) is 11.0. The van der Waals surface area contributed by atoms with Crippen molar-refractivity contribution < 1.29 is 22.8 Å². The largest absolute Gasteiger partial charge is 0.573 e. The summed E-state index contributed by atoms with van der Waals surface area (Å²) in [5.74, 6) is -0.407. The van der Waals surface area contributed by atoms with Crippen molar-refractivity contribution >= 4 is 17.3 Å².